The highest BCUT2D eigenvalue weighted by molar-refractivity contribution is 7.21. The molecule has 0 saturated carbocycles. The summed E-state index contributed by atoms with van der Waals surface area (Å²) in [6.45, 7) is 2.78. The normalized spacial score (nSPS) is 10.6. The molecule has 1 amide bonds. The number of thiazole rings is 1. The van der Waals surface area contributed by atoms with Crippen molar-refractivity contribution in [1.82, 2.24) is 4.98 Å². The number of para-hydroxylation sites is 1. The zero-order chi connectivity index (χ0) is 17.3. The molecular weight excluding hydrogens is 348 g/mol. The third-order valence-corrected chi connectivity index (χ3v) is 4.54. The van der Waals surface area contributed by atoms with Crippen LogP contribution >= 0.6 is 22.9 Å². The van der Waals surface area contributed by atoms with Crippen LogP contribution < -0.4 is 10.1 Å². The van der Waals surface area contributed by atoms with Crippen molar-refractivity contribution in [3.63, 3.8) is 0 Å². The number of carbonyl (C=O) groups is 2. The summed E-state index contributed by atoms with van der Waals surface area (Å²) >= 11 is 7.69. The van der Waals surface area contributed by atoms with Crippen LogP contribution in [0.25, 0.3) is 20.8 Å². The fourth-order valence-corrected chi connectivity index (χ4v) is 3.43. The maximum atomic E-state index is 11.2. The van der Waals surface area contributed by atoms with Crippen molar-refractivity contribution < 1.29 is 14.3 Å². The number of hydrogen-bond donors (Lipinski definition) is 1. The quantitative estimate of drug-likeness (QED) is 0.551. The second-order valence-corrected chi connectivity index (χ2v) is 6.53. The van der Waals surface area contributed by atoms with Crippen molar-refractivity contribution in [3.05, 3.63) is 41.4 Å². The van der Waals surface area contributed by atoms with Gasteiger partial charge in [0.1, 0.15) is 10.5 Å². The van der Waals surface area contributed by atoms with Gasteiger partial charge in [-0.3, -0.25) is 9.59 Å². The molecule has 3 rings (SSSR count). The van der Waals surface area contributed by atoms with Crippen molar-refractivity contribution in [3.8, 4) is 16.3 Å². The van der Waals surface area contributed by atoms with Gasteiger partial charge in [0.15, 0.2) is 5.75 Å². The fourth-order valence-electron chi connectivity index (χ4n) is 2.22. The van der Waals surface area contributed by atoms with E-state index in [0.717, 1.165) is 15.3 Å². The lowest BCUT2D eigenvalue weighted by Crippen LogP contribution is -2.05. The van der Waals surface area contributed by atoms with Gasteiger partial charge < -0.3 is 10.1 Å². The predicted molar refractivity (Wildman–Crippen MR) is 95.7 cm³/mol. The molecule has 122 valence electrons. The van der Waals surface area contributed by atoms with Gasteiger partial charge in [-0.1, -0.05) is 17.7 Å². The van der Waals surface area contributed by atoms with Gasteiger partial charge in [-0.25, -0.2) is 4.98 Å². The summed E-state index contributed by atoms with van der Waals surface area (Å²) < 4.78 is 6.10. The molecule has 24 heavy (non-hydrogen) atoms. The Balaban J connectivity index is 2.02. The number of carbonyl (C=O) groups excluding carboxylic acids is 2. The van der Waals surface area contributed by atoms with Crippen molar-refractivity contribution in [2.24, 2.45) is 0 Å². The van der Waals surface area contributed by atoms with Gasteiger partial charge >= 0.3 is 5.97 Å². The Bertz CT molecular complexity index is 952. The lowest BCUT2D eigenvalue weighted by Gasteiger charge is -2.06. The third-order valence-electron chi connectivity index (χ3n) is 3.16. The zero-order valence-electron chi connectivity index (χ0n) is 12.9. The van der Waals surface area contributed by atoms with E-state index in [-0.39, 0.29) is 11.9 Å². The lowest BCUT2D eigenvalue weighted by molar-refractivity contribution is -0.131. The number of benzene rings is 2. The van der Waals surface area contributed by atoms with Gasteiger partial charge in [0, 0.05) is 19.4 Å². The molecule has 0 atom stereocenters. The van der Waals surface area contributed by atoms with Crippen molar-refractivity contribution in [2.45, 2.75) is 13.8 Å². The van der Waals surface area contributed by atoms with Gasteiger partial charge in [0.25, 0.3) is 0 Å². The second kappa shape index (κ2) is 6.59. The molecule has 0 radical (unpaired) electrons. The number of fused-ring (bicyclic) bond motifs is 1. The van der Waals surface area contributed by atoms with E-state index in [4.69, 9.17) is 16.3 Å². The number of hydrogen-bond acceptors (Lipinski definition) is 5. The molecule has 5 nitrogen and oxygen atoms in total. The van der Waals surface area contributed by atoms with Crippen LogP contribution in [-0.2, 0) is 9.59 Å². The number of aromatic nitrogens is 1. The number of rotatable bonds is 3. The van der Waals surface area contributed by atoms with Crippen molar-refractivity contribution in [1.29, 1.82) is 0 Å². The summed E-state index contributed by atoms with van der Waals surface area (Å²) in [6, 6.07) is 10.8. The number of ether oxygens (including phenoxy) is 1. The Morgan fingerprint density at radius 3 is 2.67 bits per heavy atom. The first kappa shape index (κ1) is 16.4. The van der Waals surface area contributed by atoms with Crippen LogP contribution in [0.3, 0.4) is 0 Å². The minimum absolute atomic E-state index is 0.185. The van der Waals surface area contributed by atoms with Gasteiger partial charge in [-0.05, 0) is 30.3 Å². The smallest absolute Gasteiger partial charge is 0.308 e. The largest absolute Gasteiger partial charge is 0.424 e. The van der Waals surface area contributed by atoms with E-state index in [1.54, 1.807) is 18.2 Å². The summed E-state index contributed by atoms with van der Waals surface area (Å²) in [5.74, 6) is -0.140. The summed E-state index contributed by atoms with van der Waals surface area (Å²) in [6.07, 6.45) is 0. The van der Waals surface area contributed by atoms with E-state index in [0.29, 0.717) is 22.0 Å². The molecule has 3 aromatic rings. The number of esters is 1. The predicted octanol–water partition coefficient (Wildman–Crippen LogP) is 4.50. The van der Waals surface area contributed by atoms with Crippen molar-refractivity contribution in [2.75, 3.05) is 5.32 Å². The second-order valence-electron chi connectivity index (χ2n) is 5.09. The van der Waals surface area contributed by atoms with Gasteiger partial charge in [-0.15, -0.1) is 11.3 Å². The first-order valence-electron chi connectivity index (χ1n) is 7.09. The van der Waals surface area contributed by atoms with Crippen LogP contribution in [0.5, 0.6) is 5.75 Å². The minimum atomic E-state index is -0.389. The molecule has 1 heterocycles. The topological polar surface area (TPSA) is 68.3 Å². The van der Waals surface area contributed by atoms with Gasteiger partial charge in [0.2, 0.25) is 5.91 Å². The Kier molecular flexibility index (Phi) is 4.51. The standard InChI is InChI=1S/C17H13ClN2O3S/c1-9(21)19-13-7-6-11(8-12(13)18)17-20-16-14(23-10(2)22)4-3-5-15(16)24-17/h3-8H,1-2H3,(H,19,21). The van der Waals surface area contributed by atoms with E-state index < -0.39 is 0 Å². The molecule has 0 aliphatic rings. The molecule has 0 bridgehead atoms. The number of anilines is 1. The Labute approximate surface area is 147 Å². The Morgan fingerprint density at radius 1 is 1.21 bits per heavy atom. The molecule has 0 aliphatic carbocycles. The Morgan fingerprint density at radius 2 is 2.00 bits per heavy atom. The van der Waals surface area contributed by atoms with E-state index >= 15 is 0 Å². The van der Waals surface area contributed by atoms with Crippen LogP contribution in [0.1, 0.15) is 13.8 Å². The van der Waals surface area contributed by atoms with Gasteiger partial charge in [-0.2, -0.15) is 0 Å². The highest BCUT2D eigenvalue weighted by atomic mass is 35.5. The molecule has 1 aromatic heterocycles. The number of halogens is 1. The molecule has 7 heteroatoms. The van der Waals surface area contributed by atoms with E-state index in [2.05, 4.69) is 10.3 Å². The summed E-state index contributed by atoms with van der Waals surface area (Å²) in [5.41, 5.74) is 2.01. The zero-order valence-corrected chi connectivity index (χ0v) is 14.5. The fraction of sp³-hybridized carbons (Fsp3) is 0.118. The summed E-state index contributed by atoms with van der Waals surface area (Å²) in [5, 5.41) is 3.85. The molecule has 0 saturated heterocycles. The Hall–Kier alpha value is -2.44. The van der Waals surface area contributed by atoms with Crippen LogP contribution in [0.2, 0.25) is 5.02 Å². The van der Waals surface area contributed by atoms with Crippen LogP contribution in [0.15, 0.2) is 36.4 Å². The molecule has 1 N–H and O–H groups in total. The first-order chi connectivity index (χ1) is 11.4. The SMILES string of the molecule is CC(=O)Nc1ccc(-c2nc3c(OC(C)=O)cccc3s2)cc1Cl. The van der Waals surface area contributed by atoms with Crippen LogP contribution in [-0.4, -0.2) is 16.9 Å². The lowest BCUT2D eigenvalue weighted by atomic mass is 10.2. The molecule has 0 unspecified atom stereocenters. The van der Waals surface area contributed by atoms with E-state index in [1.807, 2.05) is 18.2 Å². The summed E-state index contributed by atoms with van der Waals surface area (Å²) in [7, 11) is 0. The molecule has 0 aliphatic heterocycles. The van der Waals surface area contributed by atoms with Gasteiger partial charge in [0.05, 0.1) is 15.4 Å². The molecular formula is C17H13ClN2O3S. The number of amides is 1. The van der Waals surface area contributed by atoms with E-state index in [1.165, 1.54) is 25.2 Å². The number of nitrogens with zero attached hydrogens (tertiary/aromatic N) is 1. The van der Waals surface area contributed by atoms with Crippen LogP contribution in [0, 0.1) is 0 Å². The number of nitrogens with one attached hydrogen (secondary N) is 1. The van der Waals surface area contributed by atoms with E-state index in [9.17, 15) is 9.59 Å². The summed E-state index contributed by atoms with van der Waals surface area (Å²) in [4.78, 5) is 26.9. The highest BCUT2D eigenvalue weighted by Gasteiger charge is 2.13. The molecule has 0 fully saturated rings. The molecule has 2 aromatic carbocycles. The minimum Gasteiger partial charge on any atom is -0.424 e. The maximum absolute atomic E-state index is 11.2. The van der Waals surface area contributed by atoms with Crippen LogP contribution in [0.4, 0.5) is 5.69 Å². The first-order valence-corrected chi connectivity index (χ1v) is 8.29. The highest BCUT2D eigenvalue weighted by Crippen LogP contribution is 2.36. The average Bonchev–Trinajstić information content (AvgIpc) is 2.93. The van der Waals surface area contributed by atoms with Crippen molar-refractivity contribution >= 4 is 50.7 Å². The average molecular weight is 361 g/mol. The monoisotopic (exact) mass is 360 g/mol. The molecule has 0 spiro atoms. The third kappa shape index (κ3) is 3.39. The maximum Gasteiger partial charge on any atom is 0.308 e.